The van der Waals surface area contributed by atoms with Crippen LogP contribution in [0.3, 0.4) is 0 Å². The van der Waals surface area contributed by atoms with Crippen LogP contribution in [-0.4, -0.2) is 20.7 Å². The highest BCUT2D eigenvalue weighted by atomic mass is 35.5. The minimum Gasteiger partial charge on any atom is -0.454 e. The summed E-state index contributed by atoms with van der Waals surface area (Å²) in [5.74, 6) is 0.226. The van der Waals surface area contributed by atoms with Crippen LogP contribution in [0.4, 0.5) is 0 Å². The first kappa shape index (κ1) is 13.1. The Morgan fingerprint density at radius 2 is 2.30 bits per heavy atom. The SMILES string of the molecule is Cc1ccc(C(=O)OCc2nncn2C2CC2)c(Cl)c1. The second kappa shape index (κ2) is 5.25. The van der Waals surface area contributed by atoms with Crippen molar-refractivity contribution in [2.75, 3.05) is 0 Å². The van der Waals surface area contributed by atoms with Gasteiger partial charge in [-0.2, -0.15) is 0 Å². The molecule has 0 aliphatic heterocycles. The van der Waals surface area contributed by atoms with Crippen LogP contribution < -0.4 is 0 Å². The number of benzene rings is 1. The lowest BCUT2D eigenvalue weighted by atomic mass is 10.1. The number of aromatic nitrogens is 3. The molecule has 6 heteroatoms. The van der Waals surface area contributed by atoms with Crippen LogP contribution in [0.2, 0.25) is 5.02 Å². The minimum atomic E-state index is -0.444. The third-order valence-corrected chi connectivity index (χ3v) is 3.58. The first-order valence-corrected chi connectivity index (χ1v) is 6.84. The van der Waals surface area contributed by atoms with Crippen molar-refractivity contribution in [2.24, 2.45) is 0 Å². The van der Waals surface area contributed by atoms with Gasteiger partial charge in [-0.05, 0) is 37.5 Å². The molecule has 2 aromatic rings. The highest BCUT2D eigenvalue weighted by Crippen LogP contribution is 2.35. The molecule has 0 spiro atoms. The summed E-state index contributed by atoms with van der Waals surface area (Å²) in [6.45, 7) is 2.03. The largest absolute Gasteiger partial charge is 0.454 e. The molecule has 1 heterocycles. The number of ether oxygens (including phenoxy) is 1. The maximum absolute atomic E-state index is 12.0. The van der Waals surface area contributed by atoms with Crippen molar-refractivity contribution >= 4 is 17.6 Å². The second-order valence-corrected chi connectivity index (χ2v) is 5.35. The van der Waals surface area contributed by atoms with Gasteiger partial charge in [-0.25, -0.2) is 4.79 Å². The Bertz CT molecular complexity index is 650. The molecule has 1 aromatic carbocycles. The standard InChI is InChI=1S/C14H14ClN3O2/c1-9-2-5-11(12(15)6-9)14(19)20-7-13-17-16-8-18(13)10-3-4-10/h2,5-6,8,10H,3-4,7H2,1H3. The van der Waals surface area contributed by atoms with Gasteiger partial charge in [0.2, 0.25) is 0 Å². The van der Waals surface area contributed by atoms with Gasteiger partial charge in [0.05, 0.1) is 10.6 Å². The van der Waals surface area contributed by atoms with E-state index in [2.05, 4.69) is 10.2 Å². The average Bonchev–Trinajstić information content (AvgIpc) is 3.15. The number of carbonyl (C=O) groups excluding carboxylic acids is 1. The van der Waals surface area contributed by atoms with Crippen LogP contribution in [0.15, 0.2) is 24.5 Å². The van der Waals surface area contributed by atoms with Gasteiger partial charge in [0.1, 0.15) is 6.33 Å². The number of esters is 1. The number of rotatable bonds is 4. The Hall–Kier alpha value is -1.88. The molecule has 20 heavy (non-hydrogen) atoms. The number of nitrogens with zero attached hydrogens (tertiary/aromatic N) is 3. The highest BCUT2D eigenvalue weighted by molar-refractivity contribution is 6.33. The molecule has 1 saturated carbocycles. The average molecular weight is 292 g/mol. The number of halogens is 1. The molecule has 0 amide bonds. The van der Waals surface area contributed by atoms with E-state index in [4.69, 9.17) is 16.3 Å². The molecule has 1 aliphatic rings. The first-order chi connectivity index (χ1) is 9.65. The fraction of sp³-hybridized carbons (Fsp3) is 0.357. The van der Waals surface area contributed by atoms with E-state index < -0.39 is 5.97 Å². The van der Waals surface area contributed by atoms with Crippen molar-refractivity contribution in [2.45, 2.75) is 32.4 Å². The quantitative estimate of drug-likeness (QED) is 0.813. The van der Waals surface area contributed by atoms with Crippen LogP contribution in [0.25, 0.3) is 0 Å². The van der Waals surface area contributed by atoms with E-state index in [1.54, 1.807) is 18.5 Å². The normalized spacial score (nSPS) is 14.3. The minimum absolute atomic E-state index is 0.111. The Balaban J connectivity index is 1.68. The number of aryl methyl sites for hydroxylation is 1. The van der Waals surface area contributed by atoms with E-state index in [1.165, 1.54) is 0 Å². The van der Waals surface area contributed by atoms with Crippen molar-refractivity contribution in [1.82, 2.24) is 14.8 Å². The van der Waals surface area contributed by atoms with E-state index in [9.17, 15) is 4.79 Å². The fourth-order valence-corrected chi connectivity index (χ4v) is 2.33. The fourth-order valence-electron chi connectivity index (χ4n) is 2.02. The number of carbonyl (C=O) groups is 1. The van der Waals surface area contributed by atoms with E-state index in [0.717, 1.165) is 18.4 Å². The molecule has 3 rings (SSSR count). The highest BCUT2D eigenvalue weighted by Gasteiger charge is 2.26. The molecule has 0 N–H and O–H groups in total. The lowest BCUT2D eigenvalue weighted by Crippen LogP contribution is -2.09. The van der Waals surface area contributed by atoms with Gasteiger partial charge in [-0.1, -0.05) is 17.7 Å². The summed E-state index contributed by atoms with van der Waals surface area (Å²) in [5.41, 5.74) is 1.37. The van der Waals surface area contributed by atoms with Crippen molar-refractivity contribution in [1.29, 1.82) is 0 Å². The van der Waals surface area contributed by atoms with E-state index in [-0.39, 0.29) is 6.61 Å². The molecule has 0 atom stereocenters. The van der Waals surface area contributed by atoms with Crippen LogP contribution >= 0.6 is 11.6 Å². The molecule has 1 fully saturated rings. The molecule has 1 aliphatic carbocycles. The predicted octanol–water partition coefficient (Wildman–Crippen LogP) is 2.93. The predicted molar refractivity (Wildman–Crippen MR) is 73.6 cm³/mol. The third kappa shape index (κ3) is 2.67. The molecule has 0 saturated heterocycles. The van der Waals surface area contributed by atoms with Crippen LogP contribution in [-0.2, 0) is 11.3 Å². The number of hydrogen-bond acceptors (Lipinski definition) is 4. The molecule has 5 nitrogen and oxygen atoms in total. The Kier molecular flexibility index (Phi) is 3.44. The first-order valence-electron chi connectivity index (χ1n) is 6.47. The summed E-state index contributed by atoms with van der Waals surface area (Å²) in [6, 6.07) is 5.70. The number of hydrogen-bond donors (Lipinski definition) is 0. The summed E-state index contributed by atoms with van der Waals surface area (Å²) < 4.78 is 7.23. The van der Waals surface area contributed by atoms with Crippen molar-refractivity contribution in [3.05, 3.63) is 46.5 Å². The monoisotopic (exact) mass is 291 g/mol. The van der Waals surface area contributed by atoms with E-state index in [1.807, 2.05) is 17.6 Å². The van der Waals surface area contributed by atoms with Gasteiger partial charge in [0.25, 0.3) is 0 Å². The summed E-state index contributed by atoms with van der Waals surface area (Å²) >= 11 is 6.04. The topological polar surface area (TPSA) is 57.0 Å². The van der Waals surface area contributed by atoms with Gasteiger partial charge in [-0.3, -0.25) is 0 Å². The van der Waals surface area contributed by atoms with Crippen molar-refractivity contribution in [3.63, 3.8) is 0 Å². The second-order valence-electron chi connectivity index (χ2n) is 4.95. The third-order valence-electron chi connectivity index (χ3n) is 3.26. The zero-order valence-electron chi connectivity index (χ0n) is 11.0. The summed E-state index contributed by atoms with van der Waals surface area (Å²) in [7, 11) is 0. The Morgan fingerprint density at radius 1 is 1.50 bits per heavy atom. The molecular weight excluding hydrogens is 278 g/mol. The maximum Gasteiger partial charge on any atom is 0.340 e. The van der Waals surface area contributed by atoms with E-state index >= 15 is 0 Å². The van der Waals surface area contributed by atoms with E-state index in [0.29, 0.717) is 22.5 Å². The molecular formula is C14H14ClN3O2. The summed E-state index contributed by atoms with van der Waals surface area (Å²) in [4.78, 5) is 12.0. The van der Waals surface area contributed by atoms with Crippen LogP contribution in [0, 0.1) is 6.92 Å². The molecule has 1 aromatic heterocycles. The summed E-state index contributed by atoms with van der Waals surface area (Å²) in [5, 5.41) is 8.24. The zero-order valence-corrected chi connectivity index (χ0v) is 11.8. The molecule has 104 valence electrons. The molecule has 0 radical (unpaired) electrons. The van der Waals surface area contributed by atoms with Gasteiger partial charge >= 0.3 is 5.97 Å². The lowest BCUT2D eigenvalue weighted by molar-refractivity contribution is 0.0457. The Labute approximate surface area is 121 Å². The van der Waals surface area contributed by atoms with Gasteiger partial charge < -0.3 is 9.30 Å². The lowest BCUT2D eigenvalue weighted by Gasteiger charge is -2.07. The van der Waals surface area contributed by atoms with Crippen molar-refractivity contribution < 1.29 is 9.53 Å². The molecule has 0 unspecified atom stereocenters. The van der Waals surface area contributed by atoms with Crippen LogP contribution in [0.5, 0.6) is 0 Å². The zero-order chi connectivity index (χ0) is 14.1. The smallest absolute Gasteiger partial charge is 0.340 e. The van der Waals surface area contributed by atoms with Gasteiger partial charge in [-0.15, -0.1) is 10.2 Å². The van der Waals surface area contributed by atoms with Gasteiger partial charge in [0, 0.05) is 6.04 Å². The summed E-state index contributed by atoms with van der Waals surface area (Å²) in [6.07, 6.45) is 3.94. The van der Waals surface area contributed by atoms with Crippen LogP contribution in [0.1, 0.15) is 40.6 Å². The maximum atomic E-state index is 12.0. The van der Waals surface area contributed by atoms with Crippen molar-refractivity contribution in [3.8, 4) is 0 Å². The Morgan fingerprint density at radius 3 is 3.00 bits per heavy atom. The van der Waals surface area contributed by atoms with Gasteiger partial charge in [0.15, 0.2) is 12.4 Å². The molecule has 0 bridgehead atoms.